The van der Waals surface area contributed by atoms with Crippen LogP contribution < -0.4 is 10.6 Å². The highest BCUT2D eigenvalue weighted by Gasteiger charge is 2.31. The van der Waals surface area contributed by atoms with Crippen molar-refractivity contribution in [3.8, 4) is 0 Å². The van der Waals surface area contributed by atoms with Crippen molar-refractivity contribution in [2.75, 3.05) is 11.4 Å². The van der Waals surface area contributed by atoms with Gasteiger partial charge in [-0.2, -0.15) is 0 Å². The third-order valence-electron chi connectivity index (χ3n) is 3.46. The van der Waals surface area contributed by atoms with Crippen molar-refractivity contribution in [2.24, 2.45) is 5.73 Å². The first-order chi connectivity index (χ1) is 9.20. The van der Waals surface area contributed by atoms with Gasteiger partial charge in [-0.1, -0.05) is 23.2 Å². The number of halogens is 2. The van der Waals surface area contributed by atoms with Crippen LogP contribution >= 0.6 is 23.2 Å². The smallest absolute Gasteiger partial charge is 0.0673 e. The molecule has 2 heterocycles. The predicted octanol–water partition coefficient (Wildman–Crippen LogP) is 3.41. The molecule has 0 saturated carbocycles. The predicted molar refractivity (Wildman–Crippen MR) is 78.7 cm³/mol. The van der Waals surface area contributed by atoms with Crippen molar-refractivity contribution in [2.45, 2.75) is 12.6 Å². The zero-order valence-electron chi connectivity index (χ0n) is 10.2. The van der Waals surface area contributed by atoms with E-state index >= 15 is 0 Å². The molecule has 1 aromatic carbocycles. The molecule has 0 bridgehead atoms. The van der Waals surface area contributed by atoms with Crippen LogP contribution in [-0.2, 0) is 6.54 Å². The number of hydrogen-bond acceptors (Lipinski definition) is 3. The number of nitrogens with two attached hydrogens (primary N) is 1. The Kier molecular flexibility index (Phi) is 3.35. The average Bonchev–Trinajstić information content (AvgIpc) is 2.78. The second-order valence-corrected chi connectivity index (χ2v) is 5.39. The topological polar surface area (TPSA) is 42.1 Å². The fourth-order valence-corrected chi connectivity index (χ4v) is 3.15. The van der Waals surface area contributed by atoms with E-state index in [0.717, 1.165) is 23.4 Å². The van der Waals surface area contributed by atoms with E-state index in [1.165, 1.54) is 0 Å². The van der Waals surface area contributed by atoms with Crippen molar-refractivity contribution in [3.05, 3.63) is 57.8 Å². The molecule has 0 fully saturated rings. The molecule has 5 heteroatoms. The van der Waals surface area contributed by atoms with E-state index in [1.54, 1.807) is 12.3 Å². The highest BCUT2D eigenvalue weighted by atomic mass is 35.5. The van der Waals surface area contributed by atoms with Crippen molar-refractivity contribution in [1.29, 1.82) is 0 Å². The number of rotatable bonds is 2. The molecular formula is C14H13Cl2N3. The van der Waals surface area contributed by atoms with Crippen LogP contribution in [0.5, 0.6) is 0 Å². The first kappa shape index (κ1) is 12.7. The Morgan fingerprint density at radius 2 is 2.21 bits per heavy atom. The molecule has 98 valence electrons. The summed E-state index contributed by atoms with van der Waals surface area (Å²) in [5, 5.41) is 1.35. The van der Waals surface area contributed by atoms with E-state index < -0.39 is 0 Å². The minimum absolute atomic E-state index is 0.0930. The Labute approximate surface area is 122 Å². The van der Waals surface area contributed by atoms with E-state index in [2.05, 4.69) is 9.88 Å². The van der Waals surface area contributed by atoms with Gasteiger partial charge in [0, 0.05) is 29.3 Å². The molecule has 2 aromatic rings. The number of anilines is 1. The lowest BCUT2D eigenvalue weighted by Crippen LogP contribution is -2.27. The van der Waals surface area contributed by atoms with Crippen molar-refractivity contribution in [1.82, 2.24) is 4.98 Å². The quantitative estimate of drug-likeness (QED) is 0.923. The van der Waals surface area contributed by atoms with Crippen LogP contribution in [0, 0.1) is 0 Å². The zero-order chi connectivity index (χ0) is 13.4. The summed E-state index contributed by atoms with van der Waals surface area (Å²) in [6.07, 6.45) is 3.60. The van der Waals surface area contributed by atoms with Gasteiger partial charge in [-0.05, 0) is 35.4 Å². The Bertz CT molecular complexity index is 601. The van der Waals surface area contributed by atoms with Gasteiger partial charge in [0.15, 0.2) is 0 Å². The molecule has 1 aliphatic rings. The highest BCUT2D eigenvalue weighted by molar-refractivity contribution is 6.35. The molecular weight excluding hydrogens is 281 g/mol. The molecule has 0 amide bonds. The standard InChI is InChI=1S/C14H13Cl2N3/c15-9-4-11-12(13(16)5-9)8-19(14(11)6-17)10-2-1-3-18-7-10/h1-5,7,14H,6,8,17H2. The average molecular weight is 294 g/mol. The monoisotopic (exact) mass is 293 g/mol. The summed E-state index contributed by atoms with van der Waals surface area (Å²) < 4.78 is 0. The number of aromatic nitrogens is 1. The largest absolute Gasteiger partial charge is 0.358 e. The maximum Gasteiger partial charge on any atom is 0.0673 e. The van der Waals surface area contributed by atoms with Crippen molar-refractivity contribution in [3.63, 3.8) is 0 Å². The van der Waals surface area contributed by atoms with Crippen LogP contribution in [0.3, 0.4) is 0 Å². The maximum absolute atomic E-state index is 6.28. The summed E-state index contributed by atoms with van der Waals surface area (Å²) >= 11 is 12.4. The number of nitrogens with zero attached hydrogens (tertiary/aromatic N) is 2. The first-order valence-corrected chi connectivity index (χ1v) is 6.81. The SMILES string of the molecule is NCC1c2cc(Cl)cc(Cl)c2CN1c1cccnc1. The lowest BCUT2D eigenvalue weighted by molar-refractivity contribution is 0.678. The summed E-state index contributed by atoms with van der Waals surface area (Å²) in [5.74, 6) is 0. The second kappa shape index (κ2) is 5.00. The normalized spacial score (nSPS) is 17.6. The first-order valence-electron chi connectivity index (χ1n) is 6.05. The number of fused-ring (bicyclic) bond motifs is 1. The van der Waals surface area contributed by atoms with Crippen LogP contribution in [0.15, 0.2) is 36.7 Å². The second-order valence-electron chi connectivity index (χ2n) is 4.55. The third kappa shape index (κ3) is 2.18. The highest BCUT2D eigenvalue weighted by Crippen LogP contribution is 2.41. The van der Waals surface area contributed by atoms with E-state index in [-0.39, 0.29) is 6.04 Å². The zero-order valence-corrected chi connectivity index (χ0v) is 11.7. The molecule has 3 nitrogen and oxygen atoms in total. The molecule has 0 spiro atoms. The van der Waals surface area contributed by atoms with Gasteiger partial charge < -0.3 is 10.6 Å². The Balaban J connectivity index is 2.06. The minimum atomic E-state index is 0.0930. The van der Waals surface area contributed by atoms with E-state index in [0.29, 0.717) is 16.6 Å². The summed E-state index contributed by atoms with van der Waals surface area (Å²) in [7, 11) is 0. The Morgan fingerprint density at radius 3 is 2.89 bits per heavy atom. The maximum atomic E-state index is 6.28. The fourth-order valence-electron chi connectivity index (χ4n) is 2.59. The molecule has 0 radical (unpaired) electrons. The van der Waals surface area contributed by atoms with Crippen LogP contribution in [0.4, 0.5) is 5.69 Å². The minimum Gasteiger partial charge on any atom is -0.358 e. The van der Waals surface area contributed by atoms with Gasteiger partial charge in [0.05, 0.1) is 17.9 Å². The number of pyridine rings is 1. The van der Waals surface area contributed by atoms with Crippen molar-refractivity contribution >= 4 is 28.9 Å². The number of benzene rings is 1. The van der Waals surface area contributed by atoms with Gasteiger partial charge in [-0.15, -0.1) is 0 Å². The van der Waals surface area contributed by atoms with Crippen LogP contribution in [-0.4, -0.2) is 11.5 Å². The third-order valence-corrected chi connectivity index (χ3v) is 4.01. The molecule has 19 heavy (non-hydrogen) atoms. The lowest BCUT2D eigenvalue weighted by atomic mass is 10.0. The van der Waals surface area contributed by atoms with E-state index in [1.807, 2.05) is 24.4 Å². The van der Waals surface area contributed by atoms with Gasteiger partial charge in [-0.3, -0.25) is 4.98 Å². The van der Waals surface area contributed by atoms with Gasteiger partial charge in [0.25, 0.3) is 0 Å². The van der Waals surface area contributed by atoms with Crippen LogP contribution in [0.25, 0.3) is 0 Å². The molecule has 0 aliphatic carbocycles. The summed E-state index contributed by atoms with van der Waals surface area (Å²) in [6, 6.07) is 7.77. The van der Waals surface area contributed by atoms with Gasteiger partial charge >= 0.3 is 0 Å². The van der Waals surface area contributed by atoms with Crippen molar-refractivity contribution < 1.29 is 0 Å². The summed E-state index contributed by atoms with van der Waals surface area (Å²) in [4.78, 5) is 6.37. The molecule has 2 N–H and O–H groups in total. The molecule has 1 atom stereocenters. The molecule has 1 aromatic heterocycles. The molecule has 0 saturated heterocycles. The molecule has 1 aliphatic heterocycles. The Hall–Kier alpha value is -1.29. The van der Waals surface area contributed by atoms with E-state index in [4.69, 9.17) is 28.9 Å². The summed E-state index contributed by atoms with van der Waals surface area (Å²) in [5.41, 5.74) is 9.19. The molecule has 1 unspecified atom stereocenters. The van der Waals surface area contributed by atoms with Gasteiger partial charge in [0.1, 0.15) is 0 Å². The van der Waals surface area contributed by atoms with Crippen LogP contribution in [0.2, 0.25) is 10.0 Å². The molecule has 3 rings (SSSR count). The Morgan fingerprint density at radius 1 is 1.37 bits per heavy atom. The fraction of sp³-hybridized carbons (Fsp3) is 0.214. The van der Waals surface area contributed by atoms with Crippen LogP contribution in [0.1, 0.15) is 17.2 Å². The lowest BCUT2D eigenvalue weighted by Gasteiger charge is -2.25. The van der Waals surface area contributed by atoms with Gasteiger partial charge in [0.2, 0.25) is 0 Å². The van der Waals surface area contributed by atoms with Gasteiger partial charge in [-0.25, -0.2) is 0 Å². The van der Waals surface area contributed by atoms with E-state index in [9.17, 15) is 0 Å². The summed E-state index contributed by atoms with van der Waals surface area (Å²) in [6.45, 7) is 1.25. The number of hydrogen-bond donors (Lipinski definition) is 1.